The van der Waals surface area contributed by atoms with Gasteiger partial charge in [-0.3, -0.25) is 9.80 Å². The van der Waals surface area contributed by atoms with Gasteiger partial charge in [0, 0.05) is 44.8 Å². The molecule has 3 fully saturated rings. The van der Waals surface area contributed by atoms with Crippen molar-refractivity contribution in [3.05, 3.63) is 0 Å². The summed E-state index contributed by atoms with van der Waals surface area (Å²) in [7, 11) is 2.22. The van der Waals surface area contributed by atoms with E-state index in [9.17, 15) is 0 Å². The lowest BCUT2D eigenvalue weighted by Crippen LogP contribution is -2.62. The average Bonchev–Trinajstić information content (AvgIpc) is 2.46. The van der Waals surface area contributed by atoms with Crippen LogP contribution in [-0.2, 0) is 4.74 Å². The van der Waals surface area contributed by atoms with Crippen molar-refractivity contribution in [1.82, 2.24) is 14.7 Å². The highest BCUT2D eigenvalue weighted by Crippen LogP contribution is 2.27. The summed E-state index contributed by atoms with van der Waals surface area (Å²) in [6.07, 6.45) is 4.62. The third-order valence-corrected chi connectivity index (χ3v) is 5.63. The number of morpholine rings is 1. The fourth-order valence-electron chi connectivity index (χ4n) is 4.35. The molecule has 0 aromatic carbocycles. The predicted molar refractivity (Wildman–Crippen MR) is 86.6 cm³/mol. The minimum atomic E-state index is 0.403. The maximum absolute atomic E-state index is 6.02. The van der Waals surface area contributed by atoms with Crippen molar-refractivity contribution in [3.8, 4) is 0 Å². The van der Waals surface area contributed by atoms with Crippen molar-refractivity contribution in [1.29, 1.82) is 0 Å². The van der Waals surface area contributed by atoms with Gasteiger partial charge in [-0.2, -0.15) is 0 Å². The summed E-state index contributed by atoms with van der Waals surface area (Å²) in [5, 5.41) is 0. The van der Waals surface area contributed by atoms with E-state index in [-0.39, 0.29) is 0 Å². The zero-order valence-corrected chi connectivity index (χ0v) is 14.1. The van der Waals surface area contributed by atoms with Crippen LogP contribution >= 0.6 is 0 Å². The van der Waals surface area contributed by atoms with E-state index < -0.39 is 0 Å². The molecule has 3 aliphatic rings. The van der Waals surface area contributed by atoms with Crippen LogP contribution in [0.1, 0.15) is 33.1 Å². The van der Waals surface area contributed by atoms with E-state index in [0.717, 1.165) is 38.2 Å². The van der Waals surface area contributed by atoms with Crippen LogP contribution in [0.25, 0.3) is 0 Å². The third-order valence-electron chi connectivity index (χ3n) is 5.63. The summed E-state index contributed by atoms with van der Waals surface area (Å²) in [6.45, 7) is 12.8. The molecule has 3 atom stereocenters. The number of nitrogens with zero attached hydrogens (tertiary/aromatic N) is 3. The molecule has 3 saturated heterocycles. The lowest BCUT2D eigenvalue weighted by atomic mass is 9.92. The van der Waals surface area contributed by atoms with Crippen molar-refractivity contribution < 1.29 is 4.74 Å². The quantitative estimate of drug-likeness (QED) is 0.785. The molecule has 3 rings (SSSR count). The van der Waals surface area contributed by atoms with Crippen LogP contribution in [0.4, 0.5) is 0 Å². The Balaban J connectivity index is 1.63. The summed E-state index contributed by atoms with van der Waals surface area (Å²) in [5.41, 5.74) is 0. The van der Waals surface area contributed by atoms with E-state index in [4.69, 9.17) is 4.74 Å². The number of hydrogen-bond acceptors (Lipinski definition) is 4. The largest absolute Gasteiger partial charge is 0.374 e. The normalized spacial score (nSPS) is 36.9. The van der Waals surface area contributed by atoms with E-state index in [1.807, 2.05) is 0 Å². The molecule has 0 aromatic heterocycles. The Morgan fingerprint density at radius 3 is 2.71 bits per heavy atom. The van der Waals surface area contributed by atoms with Crippen LogP contribution < -0.4 is 0 Å². The highest BCUT2D eigenvalue weighted by atomic mass is 16.5. The molecule has 0 radical (unpaired) electrons. The molecule has 0 aromatic rings. The first-order valence-electron chi connectivity index (χ1n) is 8.91. The third kappa shape index (κ3) is 3.79. The van der Waals surface area contributed by atoms with E-state index in [1.54, 1.807) is 0 Å². The van der Waals surface area contributed by atoms with Crippen LogP contribution in [-0.4, -0.2) is 85.8 Å². The van der Waals surface area contributed by atoms with Gasteiger partial charge in [0.25, 0.3) is 0 Å². The number of piperidine rings is 1. The fraction of sp³-hybridized carbons (Fsp3) is 1.00. The second-order valence-corrected chi connectivity index (χ2v) is 7.66. The van der Waals surface area contributed by atoms with Crippen LogP contribution in [0.2, 0.25) is 0 Å². The van der Waals surface area contributed by atoms with Gasteiger partial charge in [-0.05, 0) is 32.4 Å². The lowest BCUT2D eigenvalue weighted by molar-refractivity contribution is -0.0699. The van der Waals surface area contributed by atoms with Gasteiger partial charge in [-0.25, -0.2) is 0 Å². The summed E-state index contributed by atoms with van der Waals surface area (Å²) >= 11 is 0. The van der Waals surface area contributed by atoms with Gasteiger partial charge in [0.05, 0.1) is 12.7 Å². The van der Waals surface area contributed by atoms with Crippen molar-refractivity contribution in [3.63, 3.8) is 0 Å². The molecule has 4 heteroatoms. The fourth-order valence-corrected chi connectivity index (χ4v) is 4.35. The minimum Gasteiger partial charge on any atom is -0.374 e. The van der Waals surface area contributed by atoms with Gasteiger partial charge < -0.3 is 9.64 Å². The minimum absolute atomic E-state index is 0.403. The molecule has 3 aliphatic heterocycles. The molecular formula is C17H33N3O. The Morgan fingerprint density at radius 2 is 1.95 bits per heavy atom. The first kappa shape index (κ1) is 15.7. The summed E-state index contributed by atoms with van der Waals surface area (Å²) in [4.78, 5) is 7.93. The zero-order chi connectivity index (χ0) is 14.8. The number of fused-ring (bicyclic) bond motifs is 1. The Kier molecular flexibility index (Phi) is 5.20. The molecule has 0 spiro atoms. The van der Waals surface area contributed by atoms with Crippen LogP contribution in [0.5, 0.6) is 0 Å². The summed E-state index contributed by atoms with van der Waals surface area (Å²) < 4.78 is 6.02. The van der Waals surface area contributed by atoms with Gasteiger partial charge in [0.2, 0.25) is 0 Å². The Morgan fingerprint density at radius 1 is 1.10 bits per heavy atom. The number of ether oxygens (including phenoxy) is 1. The van der Waals surface area contributed by atoms with E-state index in [0.29, 0.717) is 12.1 Å². The van der Waals surface area contributed by atoms with Gasteiger partial charge in [-0.1, -0.05) is 20.3 Å². The van der Waals surface area contributed by atoms with Gasteiger partial charge in [0.15, 0.2) is 0 Å². The first-order chi connectivity index (χ1) is 10.1. The summed E-state index contributed by atoms with van der Waals surface area (Å²) in [6, 6.07) is 1.50. The molecule has 0 N–H and O–H groups in total. The molecule has 21 heavy (non-hydrogen) atoms. The van der Waals surface area contributed by atoms with E-state index in [1.165, 1.54) is 38.9 Å². The van der Waals surface area contributed by atoms with Crippen molar-refractivity contribution >= 4 is 0 Å². The topological polar surface area (TPSA) is 19.0 Å². The highest BCUT2D eigenvalue weighted by Gasteiger charge is 2.37. The molecule has 122 valence electrons. The standard InChI is InChI=1S/C17H33N3O/c1-14(2)17-13-19-7-5-4-6-15(19)10-20(17)12-16-11-18(3)8-9-21-16/h14-17H,4-13H2,1-3H3. The molecule has 3 unspecified atom stereocenters. The second kappa shape index (κ2) is 6.95. The predicted octanol–water partition coefficient (Wildman–Crippen LogP) is 1.51. The Bertz CT molecular complexity index is 336. The monoisotopic (exact) mass is 295 g/mol. The van der Waals surface area contributed by atoms with Crippen molar-refractivity contribution in [2.24, 2.45) is 5.92 Å². The molecule has 0 aliphatic carbocycles. The zero-order valence-electron chi connectivity index (χ0n) is 14.1. The number of rotatable bonds is 3. The number of likely N-dealkylation sites (N-methyl/N-ethyl adjacent to an activating group) is 1. The highest BCUT2D eigenvalue weighted by molar-refractivity contribution is 4.93. The van der Waals surface area contributed by atoms with Crippen LogP contribution in [0, 0.1) is 5.92 Å². The molecule has 0 saturated carbocycles. The van der Waals surface area contributed by atoms with Crippen molar-refractivity contribution in [2.45, 2.75) is 51.3 Å². The van der Waals surface area contributed by atoms with E-state index in [2.05, 4.69) is 35.6 Å². The average molecular weight is 295 g/mol. The maximum atomic E-state index is 6.02. The SMILES string of the molecule is CC(C)C1CN2CCCCC2CN1CC1CN(C)CCO1. The van der Waals surface area contributed by atoms with E-state index >= 15 is 0 Å². The smallest absolute Gasteiger partial charge is 0.0829 e. The van der Waals surface area contributed by atoms with Gasteiger partial charge in [-0.15, -0.1) is 0 Å². The summed E-state index contributed by atoms with van der Waals surface area (Å²) in [5.74, 6) is 0.731. The molecule has 3 heterocycles. The number of piperazine rings is 1. The second-order valence-electron chi connectivity index (χ2n) is 7.66. The van der Waals surface area contributed by atoms with Crippen LogP contribution in [0.3, 0.4) is 0 Å². The molecule has 0 amide bonds. The Labute approximate surface area is 130 Å². The lowest BCUT2D eigenvalue weighted by Gasteiger charge is -2.50. The van der Waals surface area contributed by atoms with Gasteiger partial charge in [0.1, 0.15) is 0 Å². The van der Waals surface area contributed by atoms with Crippen molar-refractivity contribution in [2.75, 3.05) is 52.9 Å². The van der Waals surface area contributed by atoms with Gasteiger partial charge >= 0.3 is 0 Å². The molecular weight excluding hydrogens is 262 g/mol. The maximum Gasteiger partial charge on any atom is 0.0829 e. The molecule has 0 bridgehead atoms. The Hall–Kier alpha value is -0.160. The number of hydrogen-bond donors (Lipinski definition) is 0. The molecule has 4 nitrogen and oxygen atoms in total. The van der Waals surface area contributed by atoms with Crippen LogP contribution in [0.15, 0.2) is 0 Å². The first-order valence-corrected chi connectivity index (χ1v) is 8.91.